The summed E-state index contributed by atoms with van der Waals surface area (Å²) in [7, 11) is -2.35. The van der Waals surface area contributed by atoms with Crippen molar-refractivity contribution in [3.8, 4) is 11.4 Å². The van der Waals surface area contributed by atoms with E-state index in [-0.39, 0.29) is 18.2 Å². The maximum Gasteiger partial charge on any atom is 0.337 e. The Morgan fingerprint density at radius 2 is 1.96 bits per heavy atom. The first-order valence-corrected chi connectivity index (χ1v) is 10.5. The van der Waals surface area contributed by atoms with Crippen LogP contribution < -0.4 is 4.72 Å². The van der Waals surface area contributed by atoms with Gasteiger partial charge in [0, 0.05) is 10.0 Å². The van der Waals surface area contributed by atoms with Crippen molar-refractivity contribution in [1.82, 2.24) is 14.9 Å². The fourth-order valence-electron chi connectivity index (χ4n) is 2.37. The molecule has 28 heavy (non-hydrogen) atoms. The molecule has 0 aliphatic rings. The Bertz CT molecular complexity index is 1080. The zero-order valence-electron chi connectivity index (χ0n) is 14.8. The van der Waals surface area contributed by atoms with Crippen molar-refractivity contribution in [3.05, 3.63) is 70.0 Å². The number of benzene rings is 2. The lowest BCUT2D eigenvalue weighted by Gasteiger charge is -2.05. The molecule has 8 nitrogen and oxygen atoms in total. The lowest BCUT2D eigenvalue weighted by atomic mass is 10.1. The zero-order valence-corrected chi connectivity index (χ0v) is 17.2. The number of esters is 1. The molecule has 1 aromatic heterocycles. The largest absolute Gasteiger partial charge is 0.465 e. The van der Waals surface area contributed by atoms with Gasteiger partial charge in [0.25, 0.3) is 0 Å². The van der Waals surface area contributed by atoms with Crippen LogP contribution in [-0.2, 0) is 27.1 Å². The van der Waals surface area contributed by atoms with Gasteiger partial charge in [-0.25, -0.2) is 17.9 Å². The number of rotatable bonds is 7. The standard InChI is InChI=1S/C18H16BrN3O5S/c1-26-18(23)13-7-5-12(6-8-13)11-28(24,25)20-10-16-21-17(22-27-16)14-3-2-4-15(19)9-14/h2-9,20H,10-11H2,1H3. The van der Waals surface area contributed by atoms with Crippen molar-refractivity contribution < 1.29 is 22.5 Å². The molecule has 1 N–H and O–H groups in total. The van der Waals surface area contributed by atoms with E-state index < -0.39 is 16.0 Å². The molecule has 0 radical (unpaired) electrons. The van der Waals surface area contributed by atoms with Gasteiger partial charge in [-0.2, -0.15) is 4.98 Å². The molecule has 10 heteroatoms. The van der Waals surface area contributed by atoms with Crippen molar-refractivity contribution in [1.29, 1.82) is 0 Å². The van der Waals surface area contributed by atoms with E-state index in [0.717, 1.165) is 10.0 Å². The second-order valence-corrected chi connectivity index (χ2v) is 8.51. The average molecular weight is 466 g/mol. The van der Waals surface area contributed by atoms with E-state index in [1.54, 1.807) is 12.1 Å². The van der Waals surface area contributed by atoms with Gasteiger partial charge in [0.1, 0.15) is 0 Å². The first kappa shape index (κ1) is 20.2. The molecule has 0 atom stereocenters. The van der Waals surface area contributed by atoms with Crippen molar-refractivity contribution >= 4 is 31.9 Å². The number of methoxy groups -OCH3 is 1. The second kappa shape index (κ2) is 8.63. The number of nitrogens with one attached hydrogen (secondary N) is 1. The molecule has 0 aliphatic carbocycles. The van der Waals surface area contributed by atoms with Crippen LogP contribution in [0.4, 0.5) is 0 Å². The van der Waals surface area contributed by atoms with Crippen LogP contribution in [0.2, 0.25) is 0 Å². The molecule has 0 unspecified atom stereocenters. The summed E-state index contributed by atoms with van der Waals surface area (Å²) in [5, 5.41) is 3.86. The van der Waals surface area contributed by atoms with Crippen molar-refractivity contribution in [2.24, 2.45) is 0 Å². The summed E-state index contributed by atoms with van der Waals surface area (Å²) < 4.78 is 37.5. The smallest absolute Gasteiger partial charge is 0.337 e. The molecule has 1 heterocycles. The van der Waals surface area contributed by atoms with E-state index in [1.807, 2.05) is 24.3 Å². The van der Waals surface area contributed by atoms with Crippen LogP contribution in [0.15, 0.2) is 57.5 Å². The summed E-state index contributed by atoms with van der Waals surface area (Å²) in [4.78, 5) is 15.6. The number of sulfonamides is 1. The second-order valence-electron chi connectivity index (χ2n) is 5.79. The number of aromatic nitrogens is 2. The summed E-state index contributed by atoms with van der Waals surface area (Å²) in [6.45, 7) is -0.121. The van der Waals surface area contributed by atoms with Gasteiger partial charge in [0.05, 0.1) is 25.0 Å². The number of halogens is 1. The quantitative estimate of drug-likeness (QED) is 0.533. The van der Waals surface area contributed by atoms with Gasteiger partial charge >= 0.3 is 5.97 Å². The first-order valence-electron chi connectivity index (χ1n) is 8.09. The number of carbonyl (C=O) groups excluding carboxylic acids is 1. The highest BCUT2D eigenvalue weighted by molar-refractivity contribution is 9.10. The van der Waals surface area contributed by atoms with Gasteiger partial charge in [0.2, 0.25) is 21.7 Å². The maximum absolute atomic E-state index is 12.3. The molecule has 2 aromatic carbocycles. The predicted molar refractivity (Wildman–Crippen MR) is 105 cm³/mol. The molecule has 0 amide bonds. The zero-order chi connectivity index (χ0) is 20.1. The highest BCUT2D eigenvalue weighted by Crippen LogP contribution is 2.20. The number of ether oxygens (including phenoxy) is 1. The van der Waals surface area contributed by atoms with Crippen LogP contribution in [-0.4, -0.2) is 31.6 Å². The lowest BCUT2D eigenvalue weighted by Crippen LogP contribution is -2.24. The third kappa shape index (κ3) is 5.24. The summed E-state index contributed by atoms with van der Waals surface area (Å²) in [6, 6.07) is 13.5. The maximum atomic E-state index is 12.3. The molecule has 0 saturated carbocycles. The van der Waals surface area contributed by atoms with Gasteiger partial charge in [-0.3, -0.25) is 0 Å². The topological polar surface area (TPSA) is 111 Å². The summed E-state index contributed by atoms with van der Waals surface area (Å²) in [6.07, 6.45) is 0. The van der Waals surface area contributed by atoms with Gasteiger partial charge in [-0.15, -0.1) is 0 Å². The Hall–Kier alpha value is -2.56. The van der Waals surface area contributed by atoms with E-state index in [9.17, 15) is 13.2 Å². The number of nitrogens with zero attached hydrogens (tertiary/aromatic N) is 2. The summed E-state index contributed by atoms with van der Waals surface area (Å²) >= 11 is 3.37. The van der Waals surface area contributed by atoms with E-state index >= 15 is 0 Å². The minimum Gasteiger partial charge on any atom is -0.465 e. The van der Waals surface area contributed by atoms with Gasteiger partial charge < -0.3 is 9.26 Å². The first-order chi connectivity index (χ1) is 13.4. The van der Waals surface area contributed by atoms with E-state index in [2.05, 4.69) is 35.5 Å². The SMILES string of the molecule is COC(=O)c1ccc(CS(=O)(=O)NCc2nc(-c3cccc(Br)c3)no2)cc1. The molecule has 3 rings (SSSR count). The third-order valence-corrected chi connectivity index (χ3v) is 5.52. The van der Waals surface area contributed by atoms with Crippen LogP contribution in [0.3, 0.4) is 0 Å². The van der Waals surface area contributed by atoms with E-state index in [1.165, 1.54) is 19.2 Å². The number of hydrogen-bond acceptors (Lipinski definition) is 7. The van der Waals surface area contributed by atoms with Crippen molar-refractivity contribution in [2.75, 3.05) is 7.11 Å². The molecule has 3 aromatic rings. The molecule has 0 saturated heterocycles. The molecule has 146 valence electrons. The van der Waals surface area contributed by atoms with E-state index in [4.69, 9.17) is 4.52 Å². The van der Waals surface area contributed by atoms with Crippen LogP contribution in [0.1, 0.15) is 21.8 Å². The van der Waals surface area contributed by atoms with Crippen molar-refractivity contribution in [2.45, 2.75) is 12.3 Å². The predicted octanol–water partition coefficient (Wildman–Crippen LogP) is 2.91. The Balaban J connectivity index is 1.61. The van der Waals surface area contributed by atoms with Crippen LogP contribution in [0.5, 0.6) is 0 Å². The molecule has 0 bridgehead atoms. The van der Waals surface area contributed by atoms with Gasteiger partial charge in [-0.05, 0) is 29.8 Å². The van der Waals surface area contributed by atoms with Gasteiger partial charge in [0.15, 0.2) is 0 Å². The highest BCUT2D eigenvalue weighted by Gasteiger charge is 2.15. The minimum absolute atomic E-state index is 0.121. The summed E-state index contributed by atoms with van der Waals surface area (Å²) in [5.74, 6) is -0.209. The molecule has 0 spiro atoms. The number of hydrogen-bond donors (Lipinski definition) is 1. The Kier molecular flexibility index (Phi) is 6.22. The lowest BCUT2D eigenvalue weighted by molar-refractivity contribution is 0.0600. The monoisotopic (exact) mass is 465 g/mol. The minimum atomic E-state index is -3.64. The average Bonchev–Trinajstić information content (AvgIpc) is 3.15. The normalized spacial score (nSPS) is 11.4. The molecular weight excluding hydrogens is 450 g/mol. The Morgan fingerprint density at radius 1 is 1.21 bits per heavy atom. The summed E-state index contributed by atoms with van der Waals surface area (Å²) in [5.41, 5.74) is 1.63. The Morgan fingerprint density at radius 3 is 2.64 bits per heavy atom. The Labute approximate surface area is 170 Å². The fraction of sp³-hybridized carbons (Fsp3) is 0.167. The molecule has 0 aliphatic heterocycles. The fourth-order valence-corrected chi connectivity index (χ4v) is 3.84. The van der Waals surface area contributed by atoms with Crippen molar-refractivity contribution in [3.63, 3.8) is 0 Å². The van der Waals surface area contributed by atoms with Crippen LogP contribution in [0, 0.1) is 0 Å². The van der Waals surface area contributed by atoms with E-state index in [0.29, 0.717) is 17.0 Å². The van der Waals surface area contributed by atoms with Crippen LogP contribution >= 0.6 is 15.9 Å². The highest BCUT2D eigenvalue weighted by atomic mass is 79.9. The molecule has 0 fully saturated rings. The third-order valence-electron chi connectivity index (χ3n) is 3.73. The van der Waals surface area contributed by atoms with Crippen LogP contribution in [0.25, 0.3) is 11.4 Å². The molecular formula is C18H16BrN3O5S. The number of carbonyl (C=O) groups is 1. The van der Waals surface area contributed by atoms with Gasteiger partial charge in [-0.1, -0.05) is 45.4 Å².